The zero-order valence-electron chi connectivity index (χ0n) is 14.8. The normalized spacial score (nSPS) is 18.3. The van der Waals surface area contributed by atoms with Crippen molar-refractivity contribution in [3.05, 3.63) is 57.5 Å². The third-order valence-electron chi connectivity index (χ3n) is 5.22. The van der Waals surface area contributed by atoms with Crippen LogP contribution in [0.2, 0.25) is 0 Å². The Hall–Kier alpha value is -2.47. The van der Waals surface area contributed by atoms with Gasteiger partial charge in [-0.1, -0.05) is 17.3 Å². The number of hydrogen-bond acceptors (Lipinski definition) is 5. The zero-order valence-corrected chi connectivity index (χ0v) is 14.8. The fraction of sp³-hybridized carbons (Fsp3) is 0.421. The molecule has 0 aliphatic carbocycles. The van der Waals surface area contributed by atoms with Crippen LogP contribution in [0, 0.1) is 13.8 Å². The quantitative estimate of drug-likeness (QED) is 0.735. The van der Waals surface area contributed by atoms with Gasteiger partial charge in [-0.05, 0) is 45.4 Å². The molecule has 0 saturated carbocycles. The number of aromatic nitrogens is 3. The van der Waals surface area contributed by atoms with Crippen LogP contribution in [-0.4, -0.2) is 26.2 Å². The maximum Gasteiger partial charge on any atom is 0.261 e. The molecular formula is C19H22N4O2. The number of benzene rings is 1. The van der Waals surface area contributed by atoms with E-state index in [1.54, 1.807) is 4.57 Å². The molecule has 4 rings (SSSR count). The average Bonchev–Trinajstić information content (AvgIpc) is 3.20. The summed E-state index contributed by atoms with van der Waals surface area (Å²) < 4.78 is 7.01. The van der Waals surface area contributed by atoms with Crippen molar-refractivity contribution >= 4 is 10.9 Å². The predicted molar refractivity (Wildman–Crippen MR) is 95.3 cm³/mol. The molecule has 130 valence electrons. The minimum absolute atomic E-state index is 0.0183. The number of hydrogen-bond donors (Lipinski definition) is 0. The summed E-state index contributed by atoms with van der Waals surface area (Å²) in [5.41, 5.74) is 2.86. The van der Waals surface area contributed by atoms with E-state index in [0.717, 1.165) is 54.3 Å². The van der Waals surface area contributed by atoms with Crippen molar-refractivity contribution in [3.63, 3.8) is 0 Å². The van der Waals surface area contributed by atoms with Crippen LogP contribution in [0.1, 0.15) is 41.7 Å². The molecule has 1 saturated heterocycles. The van der Waals surface area contributed by atoms with E-state index in [0.29, 0.717) is 5.39 Å². The summed E-state index contributed by atoms with van der Waals surface area (Å²) >= 11 is 0. The first-order valence-corrected chi connectivity index (χ1v) is 8.67. The van der Waals surface area contributed by atoms with E-state index in [1.807, 2.05) is 45.2 Å². The number of para-hydroxylation sites is 1. The second-order valence-electron chi connectivity index (χ2n) is 6.78. The lowest BCUT2D eigenvalue weighted by molar-refractivity contribution is 0.233. The topological polar surface area (TPSA) is 64.2 Å². The molecule has 3 aromatic rings. The molecule has 1 fully saturated rings. The number of aryl methyl sites for hydroxylation is 2. The largest absolute Gasteiger partial charge is 0.361 e. The van der Waals surface area contributed by atoms with Crippen LogP contribution < -0.4 is 5.56 Å². The minimum Gasteiger partial charge on any atom is -0.361 e. The number of rotatable bonds is 3. The van der Waals surface area contributed by atoms with Crippen LogP contribution >= 0.6 is 0 Å². The van der Waals surface area contributed by atoms with Gasteiger partial charge >= 0.3 is 0 Å². The Morgan fingerprint density at radius 2 is 2.08 bits per heavy atom. The number of nitrogens with zero attached hydrogens (tertiary/aromatic N) is 4. The molecule has 1 atom stereocenters. The van der Waals surface area contributed by atoms with Gasteiger partial charge in [-0.3, -0.25) is 14.3 Å². The zero-order chi connectivity index (χ0) is 17.6. The van der Waals surface area contributed by atoms with Gasteiger partial charge in [0.1, 0.15) is 11.6 Å². The lowest BCUT2D eigenvalue weighted by Crippen LogP contribution is -2.30. The van der Waals surface area contributed by atoms with Gasteiger partial charge in [-0.2, -0.15) is 0 Å². The highest BCUT2D eigenvalue weighted by Gasteiger charge is 2.30. The van der Waals surface area contributed by atoms with Crippen LogP contribution in [0.5, 0.6) is 0 Å². The van der Waals surface area contributed by atoms with Crippen LogP contribution in [0.15, 0.2) is 33.6 Å². The Balaban J connectivity index is 1.74. The Bertz CT molecular complexity index is 969. The molecule has 0 bridgehead atoms. The van der Waals surface area contributed by atoms with E-state index in [-0.39, 0.29) is 11.6 Å². The summed E-state index contributed by atoms with van der Waals surface area (Å²) in [6.45, 7) is 5.68. The van der Waals surface area contributed by atoms with E-state index in [1.165, 1.54) is 0 Å². The molecular weight excluding hydrogens is 316 g/mol. The lowest BCUT2D eigenvalue weighted by Gasteiger charge is -2.25. The van der Waals surface area contributed by atoms with E-state index in [2.05, 4.69) is 10.1 Å². The molecule has 25 heavy (non-hydrogen) atoms. The van der Waals surface area contributed by atoms with Crippen molar-refractivity contribution in [2.45, 2.75) is 39.3 Å². The molecule has 6 heteroatoms. The Morgan fingerprint density at radius 1 is 1.28 bits per heavy atom. The fourth-order valence-corrected chi connectivity index (χ4v) is 3.77. The van der Waals surface area contributed by atoms with Crippen molar-refractivity contribution < 1.29 is 4.52 Å². The Labute approximate surface area is 146 Å². The van der Waals surface area contributed by atoms with Crippen molar-refractivity contribution in [2.24, 2.45) is 7.05 Å². The van der Waals surface area contributed by atoms with Crippen LogP contribution in [-0.2, 0) is 13.6 Å². The van der Waals surface area contributed by atoms with Crippen LogP contribution in [0.25, 0.3) is 10.9 Å². The van der Waals surface area contributed by atoms with E-state index in [4.69, 9.17) is 9.51 Å². The van der Waals surface area contributed by atoms with Gasteiger partial charge in [0.05, 0.1) is 22.6 Å². The maximum atomic E-state index is 12.7. The van der Waals surface area contributed by atoms with Crippen molar-refractivity contribution in [2.75, 3.05) is 6.54 Å². The first kappa shape index (κ1) is 16.0. The smallest absolute Gasteiger partial charge is 0.261 e. The number of likely N-dealkylation sites (tertiary alicyclic amines) is 1. The first-order chi connectivity index (χ1) is 12.1. The molecule has 0 amide bonds. The van der Waals surface area contributed by atoms with E-state index >= 15 is 0 Å². The SMILES string of the molecule is Cc1noc(C)c1CN1CCCC1c1nc2ccccc2c(=O)n1C. The highest BCUT2D eigenvalue weighted by Crippen LogP contribution is 2.33. The third kappa shape index (κ3) is 2.66. The summed E-state index contributed by atoms with van der Waals surface area (Å²) in [4.78, 5) is 19.9. The van der Waals surface area contributed by atoms with Crippen molar-refractivity contribution in [1.29, 1.82) is 0 Å². The lowest BCUT2D eigenvalue weighted by atomic mass is 10.1. The standard InChI is InChI=1S/C19H22N4O2/c1-12-15(13(2)25-21-12)11-23-10-6-9-17(23)18-20-16-8-5-4-7-14(16)19(24)22(18)3/h4-5,7-8,17H,6,9-11H2,1-3H3. The summed E-state index contributed by atoms with van der Waals surface area (Å²) in [5.74, 6) is 1.71. The molecule has 0 radical (unpaired) electrons. The van der Waals surface area contributed by atoms with Gasteiger partial charge in [0.2, 0.25) is 0 Å². The summed E-state index contributed by atoms with van der Waals surface area (Å²) in [7, 11) is 1.82. The molecule has 0 N–H and O–H groups in total. The molecule has 1 aliphatic heterocycles. The van der Waals surface area contributed by atoms with Gasteiger partial charge in [0, 0.05) is 19.2 Å². The van der Waals surface area contributed by atoms with E-state index < -0.39 is 0 Å². The molecule has 6 nitrogen and oxygen atoms in total. The summed E-state index contributed by atoms with van der Waals surface area (Å²) in [6.07, 6.45) is 2.10. The minimum atomic E-state index is 0.0183. The number of fused-ring (bicyclic) bond motifs is 1. The van der Waals surface area contributed by atoms with Crippen molar-refractivity contribution in [1.82, 2.24) is 19.6 Å². The highest BCUT2D eigenvalue weighted by atomic mass is 16.5. The van der Waals surface area contributed by atoms with Gasteiger partial charge in [0.15, 0.2) is 0 Å². The molecule has 1 aliphatic rings. The third-order valence-corrected chi connectivity index (χ3v) is 5.22. The van der Waals surface area contributed by atoms with Crippen LogP contribution in [0.3, 0.4) is 0 Å². The van der Waals surface area contributed by atoms with Gasteiger partial charge in [-0.25, -0.2) is 4.98 Å². The first-order valence-electron chi connectivity index (χ1n) is 8.67. The second kappa shape index (κ2) is 6.11. The molecule has 0 spiro atoms. The molecule has 1 aromatic carbocycles. The van der Waals surface area contributed by atoms with Crippen LogP contribution in [0.4, 0.5) is 0 Å². The Kier molecular flexibility index (Phi) is 3.92. The predicted octanol–water partition coefficient (Wildman–Crippen LogP) is 2.88. The average molecular weight is 338 g/mol. The van der Waals surface area contributed by atoms with Gasteiger partial charge in [-0.15, -0.1) is 0 Å². The molecule has 2 aromatic heterocycles. The van der Waals surface area contributed by atoms with Crippen molar-refractivity contribution in [3.8, 4) is 0 Å². The highest BCUT2D eigenvalue weighted by molar-refractivity contribution is 5.77. The monoisotopic (exact) mass is 338 g/mol. The van der Waals surface area contributed by atoms with Gasteiger partial charge in [0.25, 0.3) is 5.56 Å². The second-order valence-corrected chi connectivity index (χ2v) is 6.78. The fourth-order valence-electron chi connectivity index (χ4n) is 3.77. The Morgan fingerprint density at radius 3 is 2.84 bits per heavy atom. The summed E-state index contributed by atoms with van der Waals surface area (Å²) in [5, 5.41) is 4.73. The summed E-state index contributed by atoms with van der Waals surface area (Å²) in [6, 6.07) is 7.69. The maximum absolute atomic E-state index is 12.7. The molecule has 1 unspecified atom stereocenters. The van der Waals surface area contributed by atoms with E-state index in [9.17, 15) is 4.79 Å². The molecule has 3 heterocycles. The van der Waals surface area contributed by atoms with Gasteiger partial charge < -0.3 is 4.52 Å².